The predicted octanol–water partition coefficient (Wildman–Crippen LogP) is 4.24. The molecule has 12 heteroatoms. The van der Waals surface area contributed by atoms with E-state index < -0.39 is 18.4 Å². The second kappa shape index (κ2) is 10.2. The van der Waals surface area contributed by atoms with Gasteiger partial charge >= 0.3 is 5.92 Å². The number of halogens is 2. The molecule has 2 aliphatic rings. The van der Waals surface area contributed by atoms with Gasteiger partial charge in [-0.25, -0.2) is 4.98 Å². The minimum absolute atomic E-state index is 0.142. The Balaban J connectivity index is 1.44. The number of hydrogen-bond donors (Lipinski definition) is 2. The molecule has 2 aromatic heterocycles. The first kappa shape index (κ1) is 25.3. The smallest absolute Gasteiger partial charge is 0.342 e. The quantitative estimate of drug-likeness (QED) is 0.494. The van der Waals surface area contributed by atoms with Gasteiger partial charge in [-0.05, 0) is 43.2 Å². The van der Waals surface area contributed by atoms with E-state index in [0.717, 1.165) is 30.6 Å². The minimum Gasteiger partial charge on any atom is -0.495 e. The van der Waals surface area contributed by atoms with E-state index in [1.54, 1.807) is 41.4 Å². The minimum atomic E-state index is -3.55. The first-order chi connectivity index (χ1) is 18.3. The van der Waals surface area contributed by atoms with Crippen LogP contribution >= 0.6 is 0 Å². The zero-order valence-electron chi connectivity index (χ0n) is 20.9. The van der Waals surface area contributed by atoms with Gasteiger partial charge in [-0.1, -0.05) is 12.8 Å². The van der Waals surface area contributed by atoms with E-state index in [-0.39, 0.29) is 29.4 Å². The Morgan fingerprint density at radius 2 is 1.97 bits per heavy atom. The number of anilines is 5. The zero-order valence-corrected chi connectivity index (χ0v) is 20.9. The van der Waals surface area contributed by atoms with Crippen LogP contribution in [0.2, 0.25) is 0 Å². The standard InChI is InChI=1S/C26H27F2N7O3/c1-34-20-14-30-25(33-22(20)35(18-7-3-4-8-18)15-26(27,28)24(34)37)32-19-10-9-16(12-21(19)38-2)23(36)31-17-6-5-11-29-13-17/h5-6,9-14,18H,3-4,7-8,15H2,1-2H3,(H,31,36)(H,30,32,33). The van der Waals surface area contributed by atoms with Gasteiger partial charge in [0.2, 0.25) is 5.95 Å². The lowest BCUT2D eigenvalue weighted by Crippen LogP contribution is -2.48. The van der Waals surface area contributed by atoms with Crippen molar-refractivity contribution < 1.29 is 23.1 Å². The molecule has 1 saturated carbocycles. The van der Waals surface area contributed by atoms with Crippen LogP contribution in [-0.2, 0) is 4.79 Å². The van der Waals surface area contributed by atoms with E-state index >= 15 is 0 Å². The maximum atomic E-state index is 14.8. The summed E-state index contributed by atoms with van der Waals surface area (Å²) in [4.78, 5) is 40.4. The molecule has 3 heterocycles. The molecule has 1 aliphatic heterocycles. The molecule has 5 rings (SSSR count). The van der Waals surface area contributed by atoms with Gasteiger partial charge in [-0.3, -0.25) is 14.6 Å². The summed E-state index contributed by atoms with van der Waals surface area (Å²) in [6.07, 6.45) is 7.87. The number of methoxy groups -OCH3 is 1. The zero-order chi connectivity index (χ0) is 26.9. The Kier molecular flexibility index (Phi) is 6.79. The fourth-order valence-corrected chi connectivity index (χ4v) is 4.80. The molecule has 2 amide bonds. The lowest BCUT2D eigenvalue weighted by atomic mass is 10.1. The topological polar surface area (TPSA) is 113 Å². The van der Waals surface area contributed by atoms with E-state index in [2.05, 4.69) is 25.6 Å². The summed E-state index contributed by atoms with van der Waals surface area (Å²) >= 11 is 0. The van der Waals surface area contributed by atoms with Crippen molar-refractivity contribution in [3.05, 3.63) is 54.5 Å². The van der Waals surface area contributed by atoms with Crippen molar-refractivity contribution in [2.24, 2.45) is 0 Å². The number of fused-ring (bicyclic) bond motifs is 1. The number of aromatic nitrogens is 3. The molecule has 0 saturated heterocycles. The van der Waals surface area contributed by atoms with Crippen molar-refractivity contribution in [3.63, 3.8) is 0 Å². The molecule has 0 bridgehead atoms. The summed E-state index contributed by atoms with van der Waals surface area (Å²) < 4.78 is 35.1. The summed E-state index contributed by atoms with van der Waals surface area (Å²) in [5.74, 6) is -4.41. The molecular formula is C26H27F2N7O3. The average Bonchev–Trinajstić information content (AvgIpc) is 3.44. The summed E-state index contributed by atoms with van der Waals surface area (Å²) in [5, 5.41) is 5.82. The van der Waals surface area contributed by atoms with Gasteiger partial charge in [0.05, 0.1) is 37.4 Å². The van der Waals surface area contributed by atoms with Crippen molar-refractivity contribution in [2.45, 2.75) is 37.6 Å². The molecule has 1 fully saturated rings. The molecule has 0 spiro atoms. The molecule has 1 aromatic carbocycles. The SMILES string of the molecule is COc1cc(C(=O)Nc2cccnc2)ccc1Nc1ncc2c(n1)N(C1CCCC1)CC(F)(F)C(=O)N2C. The van der Waals surface area contributed by atoms with Crippen LogP contribution in [0.25, 0.3) is 0 Å². The molecule has 10 nitrogen and oxygen atoms in total. The average molecular weight is 524 g/mol. The summed E-state index contributed by atoms with van der Waals surface area (Å²) in [5.41, 5.74) is 1.60. The van der Waals surface area contributed by atoms with Gasteiger partial charge in [-0.15, -0.1) is 0 Å². The highest BCUT2D eigenvalue weighted by Gasteiger charge is 2.48. The summed E-state index contributed by atoms with van der Waals surface area (Å²) in [6, 6.07) is 8.11. The summed E-state index contributed by atoms with van der Waals surface area (Å²) in [7, 11) is 2.77. The Morgan fingerprint density at radius 3 is 2.68 bits per heavy atom. The first-order valence-electron chi connectivity index (χ1n) is 12.2. The van der Waals surface area contributed by atoms with E-state index in [1.807, 2.05) is 0 Å². The number of nitrogens with zero attached hydrogens (tertiary/aromatic N) is 5. The molecule has 0 radical (unpaired) electrons. The number of hydrogen-bond acceptors (Lipinski definition) is 8. The molecule has 2 N–H and O–H groups in total. The largest absolute Gasteiger partial charge is 0.495 e. The molecule has 0 unspecified atom stereocenters. The second-order valence-corrected chi connectivity index (χ2v) is 9.27. The first-order valence-corrected chi connectivity index (χ1v) is 12.2. The van der Waals surface area contributed by atoms with Crippen LogP contribution in [-0.4, -0.2) is 59.4 Å². The van der Waals surface area contributed by atoms with Gasteiger partial charge in [0.1, 0.15) is 11.4 Å². The van der Waals surface area contributed by atoms with E-state index in [9.17, 15) is 18.4 Å². The van der Waals surface area contributed by atoms with Crippen molar-refractivity contribution in [3.8, 4) is 5.75 Å². The highest BCUT2D eigenvalue weighted by Crippen LogP contribution is 2.40. The number of carbonyl (C=O) groups is 2. The van der Waals surface area contributed by atoms with Crippen LogP contribution in [0.15, 0.2) is 48.9 Å². The number of ether oxygens (including phenoxy) is 1. The lowest BCUT2D eigenvalue weighted by molar-refractivity contribution is -0.140. The van der Waals surface area contributed by atoms with Crippen molar-refractivity contribution in [1.29, 1.82) is 0 Å². The van der Waals surface area contributed by atoms with Gasteiger partial charge in [0.15, 0.2) is 5.82 Å². The van der Waals surface area contributed by atoms with E-state index in [0.29, 0.717) is 22.7 Å². The summed E-state index contributed by atoms with van der Waals surface area (Å²) in [6.45, 7) is -0.742. The monoisotopic (exact) mass is 523 g/mol. The van der Waals surface area contributed by atoms with Crippen LogP contribution in [0, 0.1) is 0 Å². The number of alkyl halides is 2. The third-order valence-corrected chi connectivity index (χ3v) is 6.76. The Morgan fingerprint density at radius 1 is 1.18 bits per heavy atom. The molecular weight excluding hydrogens is 496 g/mol. The third-order valence-electron chi connectivity index (χ3n) is 6.76. The number of nitrogens with one attached hydrogen (secondary N) is 2. The van der Waals surface area contributed by atoms with Crippen LogP contribution in [0.1, 0.15) is 36.0 Å². The van der Waals surface area contributed by atoms with Crippen LogP contribution in [0.3, 0.4) is 0 Å². The Labute approximate surface area is 218 Å². The number of carbonyl (C=O) groups excluding carboxylic acids is 2. The Bertz CT molecular complexity index is 1350. The fourth-order valence-electron chi connectivity index (χ4n) is 4.80. The molecule has 0 atom stereocenters. The highest BCUT2D eigenvalue weighted by molar-refractivity contribution is 6.05. The van der Waals surface area contributed by atoms with Gasteiger partial charge in [0, 0.05) is 24.8 Å². The van der Waals surface area contributed by atoms with E-state index in [4.69, 9.17) is 4.74 Å². The molecule has 1 aliphatic carbocycles. The van der Waals surface area contributed by atoms with Gasteiger partial charge in [-0.2, -0.15) is 13.8 Å². The number of rotatable bonds is 6. The molecule has 198 valence electrons. The molecule has 3 aromatic rings. The maximum absolute atomic E-state index is 14.8. The van der Waals surface area contributed by atoms with Crippen LogP contribution < -0.4 is 25.2 Å². The fraction of sp³-hybridized carbons (Fsp3) is 0.346. The third kappa shape index (κ3) is 4.93. The van der Waals surface area contributed by atoms with Gasteiger partial charge < -0.3 is 25.2 Å². The maximum Gasteiger partial charge on any atom is 0.342 e. The Hall–Kier alpha value is -4.35. The van der Waals surface area contributed by atoms with Gasteiger partial charge in [0.25, 0.3) is 11.8 Å². The predicted molar refractivity (Wildman–Crippen MR) is 138 cm³/mol. The highest BCUT2D eigenvalue weighted by atomic mass is 19.3. The van der Waals surface area contributed by atoms with Crippen LogP contribution in [0.5, 0.6) is 5.75 Å². The normalized spacial score (nSPS) is 17.1. The van der Waals surface area contributed by atoms with Crippen molar-refractivity contribution in [1.82, 2.24) is 15.0 Å². The molecule has 38 heavy (non-hydrogen) atoms. The number of pyridine rings is 1. The lowest BCUT2D eigenvalue weighted by Gasteiger charge is -2.31. The van der Waals surface area contributed by atoms with Crippen molar-refractivity contribution in [2.75, 3.05) is 41.1 Å². The number of benzene rings is 1. The second-order valence-electron chi connectivity index (χ2n) is 9.27. The van der Waals surface area contributed by atoms with Crippen LogP contribution in [0.4, 0.5) is 37.6 Å². The van der Waals surface area contributed by atoms with Crippen molar-refractivity contribution >= 4 is 40.6 Å². The number of amides is 2. The van der Waals surface area contributed by atoms with E-state index in [1.165, 1.54) is 26.6 Å².